The fourth-order valence-electron chi connectivity index (χ4n) is 1.08. The topological polar surface area (TPSA) is 120 Å². The van der Waals surface area contributed by atoms with Gasteiger partial charge in [0.1, 0.15) is 5.75 Å². The standard InChI is InChI=1S/C11H11N3O.C2HF3O2/c12-2-1-3-15-11-5-9(7-13)4-10(6-11)8-14;3-2(4,5)1(6)7/h4-6H,1-3,12H2;(H,6,7). The summed E-state index contributed by atoms with van der Waals surface area (Å²) in [5.74, 6) is -2.22. The minimum Gasteiger partial charge on any atom is -0.493 e. The summed E-state index contributed by atoms with van der Waals surface area (Å²) >= 11 is 0. The SMILES string of the molecule is N#Cc1cc(C#N)cc(OCCCN)c1.O=C(O)C(F)(F)F. The number of benzene rings is 1. The third kappa shape index (κ3) is 7.72. The Kier molecular flexibility index (Phi) is 8.05. The molecule has 0 aliphatic carbocycles. The summed E-state index contributed by atoms with van der Waals surface area (Å²) < 4.78 is 37.1. The number of rotatable bonds is 4. The molecule has 0 aliphatic heterocycles. The van der Waals surface area contributed by atoms with Gasteiger partial charge in [-0.25, -0.2) is 4.79 Å². The van der Waals surface area contributed by atoms with Crippen molar-refractivity contribution in [2.75, 3.05) is 13.2 Å². The quantitative estimate of drug-likeness (QED) is 0.817. The van der Waals surface area contributed by atoms with E-state index < -0.39 is 12.1 Å². The molecule has 6 nitrogen and oxygen atoms in total. The number of nitriles is 2. The molecule has 1 aromatic carbocycles. The van der Waals surface area contributed by atoms with Gasteiger partial charge in [-0.15, -0.1) is 0 Å². The van der Waals surface area contributed by atoms with Gasteiger partial charge in [0.05, 0.1) is 29.9 Å². The number of hydrogen-bond donors (Lipinski definition) is 2. The van der Waals surface area contributed by atoms with Crippen molar-refractivity contribution < 1.29 is 27.8 Å². The number of aliphatic carboxylic acids is 1. The van der Waals surface area contributed by atoms with Crippen LogP contribution in [0.25, 0.3) is 0 Å². The van der Waals surface area contributed by atoms with E-state index in [1.165, 1.54) is 6.07 Å². The summed E-state index contributed by atoms with van der Waals surface area (Å²) in [6, 6.07) is 8.69. The maximum Gasteiger partial charge on any atom is 0.490 e. The molecule has 0 aliphatic rings. The third-order valence-corrected chi connectivity index (χ3v) is 2.02. The summed E-state index contributed by atoms with van der Waals surface area (Å²) in [5, 5.41) is 24.6. The molecule has 1 aromatic rings. The fourth-order valence-corrected chi connectivity index (χ4v) is 1.08. The van der Waals surface area contributed by atoms with Crippen LogP contribution < -0.4 is 10.5 Å². The van der Waals surface area contributed by atoms with E-state index >= 15 is 0 Å². The summed E-state index contributed by atoms with van der Waals surface area (Å²) in [4.78, 5) is 8.90. The molecule has 22 heavy (non-hydrogen) atoms. The van der Waals surface area contributed by atoms with Crippen LogP contribution in [0.2, 0.25) is 0 Å². The molecule has 0 saturated carbocycles. The van der Waals surface area contributed by atoms with Crippen LogP contribution in [0.3, 0.4) is 0 Å². The van der Waals surface area contributed by atoms with Gasteiger partial charge in [-0.3, -0.25) is 0 Å². The molecule has 0 unspecified atom stereocenters. The number of halogens is 3. The van der Waals surface area contributed by atoms with Crippen LogP contribution in [0.1, 0.15) is 17.5 Å². The van der Waals surface area contributed by atoms with E-state index in [9.17, 15) is 13.2 Å². The first kappa shape index (κ1) is 19.2. The molecular formula is C13H12F3N3O3. The molecule has 0 heterocycles. The molecule has 3 N–H and O–H groups in total. The summed E-state index contributed by atoms with van der Waals surface area (Å²) in [6.07, 6.45) is -4.33. The smallest absolute Gasteiger partial charge is 0.490 e. The predicted molar refractivity (Wildman–Crippen MR) is 68.7 cm³/mol. The average Bonchev–Trinajstić information content (AvgIpc) is 2.46. The van der Waals surface area contributed by atoms with Gasteiger partial charge in [0, 0.05) is 0 Å². The first-order chi connectivity index (χ1) is 10.2. The third-order valence-electron chi connectivity index (χ3n) is 2.02. The maximum absolute atomic E-state index is 10.6. The van der Waals surface area contributed by atoms with Crippen molar-refractivity contribution in [2.24, 2.45) is 5.73 Å². The van der Waals surface area contributed by atoms with Gasteiger partial charge in [-0.05, 0) is 31.2 Å². The van der Waals surface area contributed by atoms with Crippen LogP contribution in [-0.2, 0) is 4.79 Å². The lowest BCUT2D eigenvalue weighted by Crippen LogP contribution is -2.21. The lowest BCUT2D eigenvalue weighted by Gasteiger charge is -2.05. The first-order valence-corrected chi connectivity index (χ1v) is 5.82. The molecule has 9 heteroatoms. The van der Waals surface area contributed by atoms with Crippen LogP contribution in [0.4, 0.5) is 13.2 Å². The lowest BCUT2D eigenvalue weighted by molar-refractivity contribution is -0.192. The molecule has 0 fully saturated rings. The van der Waals surface area contributed by atoms with Crippen molar-refractivity contribution in [1.82, 2.24) is 0 Å². The van der Waals surface area contributed by atoms with Crippen LogP contribution >= 0.6 is 0 Å². The number of carboxylic acids is 1. The van der Waals surface area contributed by atoms with E-state index in [-0.39, 0.29) is 0 Å². The number of nitrogens with two attached hydrogens (primary N) is 1. The number of ether oxygens (including phenoxy) is 1. The van der Waals surface area contributed by atoms with Crippen LogP contribution in [0, 0.1) is 22.7 Å². The van der Waals surface area contributed by atoms with E-state index in [1.807, 2.05) is 12.1 Å². The van der Waals surface area contributed by atoms with Crippen LogP contribution in [0.15, 0.2) is 18.2 Å². The Balaban J connectivity index is 0.000000534. The zero-order chi connectivity index (χ0) is 17.2. The number of carboxylic acid groups (broad SMARTS) is 1. The van der Waals surface area contributed by atoms with E-state index in [4.69, 9.17) is 30.9 Å². The Hall–Kier alpha value is -2.78. The zero-order valence-electron chi connectivity index (χ0n) is 11.2. The van der Waals surface area contributed by atoms with Crippen molar-refractivity contribution in [3.63, 3.8) is 0 Å². The predicted octanol–water partition coefficient (Wildman–Crippen LogP) is 1.79. The zero-order valence-corrected chi connectivity index (χ0v) is 11.2. The number of nitrogens with zero attached hydrogens (tertiary/aromatic N) is 2. The Morgan fingerprint density at radius 2 is 1.68 bits per heavy atom. The van der Waals surface area contributed by atoms with Gasteiger partial charge in [0.25, 0.3) is 0 Å². The summed E-state index contributed by atoms with van der Waals surface area (Å²) in [6.45, 7) is 1.05. The van der Waals surface area contributed by atoms with Crippen LogP contribution in [0.5, 0.6) is 5.75 Å². The van der Waals surface area contributed by atoms with Crippen molar-refractivity contribution in [3.8, 4) is 17.9 Å². The fraction of sp³-hybridized carbons (Fsp3) is 0.308. The first-order valence-electron chi connectivity index (χ1n) is 5.82. The highest BCUT2D eigenvalue weighted by Crippen LogP contribution is 2.16. The summed E-state index contributed by atoms with van der Waals surface area (Å²) in [5.41, 5.74) is 6.18. The Labute approximate surface area is 124 Å². The van der Waals surface area contributed by atoms with E-state index in [0.29, 0.717) is 30.0 Å². The highest BCUT2D eigenvalue weighted by molar-refractivity contribution is 5.73. The highest BCUT2D eigenvalue weighted by atomic mass is 19.4. The van der Waals surface area contributed by atoms with Crippen LogP contribution in [-0.4, -0.2) is 30.4 Å². The van der Waals surface area contributed by atoms with Gasteiger partial charge < -0.3 is 15.6 Å². The largest absolute Gasteiger partial charge is 0.493 e. The molecule has 0 atom stereocenters. The molecule has 0 bridgehead atoms. The second kappa shape index (κ2) is 9.21. The molecule has 0 amide bonds. The van der Waals surface area contributed by atoms with Crippen molar-refractivity contribution in [2.45, 2.75) is 12.6 Å². The molecule has 1 rings (SSSR count). The molecule has 0 aromatic heterocycles. The number of hydrogen-bond acceptors (Lipinski definition) is 5. The maximum atomic E-state index is 10.6. The second-order valence-electron chi connectivity index (χ2n) is 3.76. The minimum absolute atomic E-state index is 0.428. The molecular weight excluding hydrogens is 303 g/mol. The Morgan fingerprint density at radius 1 is 1.23 bits per heavy atom. The Bertz CT molecular complexity index is 557. The van der Waals surface area contributed by atoms with E-state index in [2.05, 4.69) is 0 Å². The van der Waals surface area contributed by atoms with Crippen molar-refractivity contribution in [3.05, 3.63) is 29.3 Å². The molecule has 118 valence electrons. The molecule has 0 saturated heterocycles. The number of carbonyl (C=O) groups is 1. The second-order valence-corrected chi connectivity index (χ2v) is 3.76. The highest BCUT2D eigenvalue weighted by Gasteiger charge is 2.38. The molecule has 0 radical (unpaired) electrons. The van der Waals surface area contributed by atoms with E-state index in [1.54, 1.807) is 12.1 Å². The van der Waals surface area contributed by atoms with Gasteiger partial charge >= 0.3 is 12.1 Å². The lowest BCUT2D eigenvalue weighted by atomic mass is 10.1. The minimum atomic E-state index is -5.08. The Morgan fingerprint density at radius 3 is 2.00 bits per heavy atom. The normalized spacial score (nSPS) is 9.73. The van der Waals surface area contributed by atoms with E-state index in [0.717, 1.165) is 6.42 Å². The van der Waals surface area contributed by atoms with Gasteiger partial charge in [-0.2, -0.15) is 23.7 Å². The molecule has 0 spiro atoms. The van der Waals surface area contributed by atoms with Crippen molar-refractivity contribution >= 4 is 5.97 Å². The summed E-state index contributed by atoms with van der Waals surface area (Å²) in [7, 11) is 0. The van der Waals surface area contributed by atoms with Crippen molar-refractivity contribution in [1.29, 1.82) is 10.5 Å². The number of alkyl halides is 3. The van der Waals surface area contributed by atoms with Gasteiger partial charge in [0.15, 0.2) is 0 Å². The monoisotopic (exact) mass is 315 g/mol. The van der Waals surface area contributed by atoms with Gasteiger partial charge in [-0.1, -0.05) is 0 Å². The van der Waals surface area contributed by atoms with Gasteiger partial charge in [0.2, 0.25) is 0 Å². The average molecular weight is 315 g/mol.